The van der Waals surface area contributed by atoms with Crippen molar-refractivity contribution in [2.75, 3.05) is 26.2 Å². The van der Waals surface area contributed by atoms with Gasteiger partial charge in [-0.3, -0.25) is 4.79 Å². The number of amides is 1. The summed E-state index contributed by atoms with van der Waals surface area (Å²) < 4.78 is 5.49. The van der Waals surface area contributed by atoms with Gasteiger partial charge >= 0.3 is 0 Å². The van der Waals surface area contributed by atoms with Crippen LogP contribution in [-0.2, 0) is 9.53 Å². The highest BCUT2D eigenvalue weighted by Crippen LogP contribution is 2.42. The highest BCUT2D eigenvalue weighted by Gasteiger charge is 2.35. The molecule has 1 aliphatic carbocycles. The van der Waals surface area contributed by atoms with Crippen molar-refractivity contribution in [1.29, 1.82) is 0 Å². The summed E-state index contributed by atoms with van der Waals surface area (Å²) in [5.74, 6) is 0.754. The predicted octanol–water partition coefficient (Wildman–Crippen LogP) is 2.12. The molecule has 2 N–H and O–H groups in total. The third kappa shape index (κ3) is 4.90. The van der Waals surface area contributed by atoms with Gasteiger partial charge in [0.2, 0.25) is 5.91 Å². The van der Waals surface area contributed by atoms with Crippen LogP contribution in [0.4, 0.5) is 0 Å². The van der Waals surface area contributed by atoms with Gasteiger partial charge in [0.1, 0.15) is 6.10 Å². The van der Waals surface area contributed by atoms with Gasteiger partial charge in [-0.2, -0.15) is 0 Å². The molecule has 118 valence electrons. The number of morpholine rings is 1. The number of carbonyl (C=O) groups excluding carboxylic acids is 1. The molecule has 0 aromatic carbocycles. The van der Waals surface area contributed by atoms with E-state index < -0.39 is 0 Å². The van der Waals surface area contributed by atoms with Crippen LogP contribution in [0.25, 0.3) is 0 Å². The Kier molecular flexibility index (Phi) is 7.27. The van der Waals surface area contributed by atoms with Crippen LogP contribution >= 0.6 is 12.4 Å². The lowest BCUT2D eigenvalue weighted by atomic mass is 9.78. The van der Waals surface area contributed by atoms with Crippen molar-refractivity contribution < 1.29 is 9.53 Å². The molecule has 0 bridgehead atoms. The molecule has 1 saturated heterocycles. The Morgan fingerprint density at radius 3 is 2.65 bits per heavy atom. The fourth-order valence-electron chi connectivity index (χ4n) is 3.57. The van der Waals surface area contributed by atoms with E-state index >= 15 is 0 Å². The summed E-state index contributed by atoms with van der Waals surface area (Å²) >= 11 is 0. The molecule has 4 nitrogen and oxygen atoms in total. The number of hydrogen-bond acceptors (Lipinski definition) is 3. The molecule has 1 amide bonds. The molecule has 0 aromatic rings. The summed E-state index contributed by atoms with van der Waals surface area (Å²) in [5, 5.41) is 6.34. The van der Waals surface area contributed by atoms with Crippen molar-refractivity contribution in [1.82, 2.24) is 10.6 Å². The predicted molar refractivity (Wildman–Crippen MR) is 83.2 cm³/mol. The molecular formula is C15H29ClN2O2. The fourth-order valence-corrected chi connectivity index (χ4v) is 3.57. The smallest absolute Gasteiger partial charge is 0.250 e. The topological polar surface area (TPSA) is 50.4 Å². The van der Waals surface area contributed by atoms with Crippen LogP contribution in [0.5, 0.6) is 0 Å². The van der Waals surface area contributed by atoms with Crippen LogP contribution in [0.15, 0.2) is 0 Å². The summed E-state index contributed by atoms with van der Waals surface area (Å²) in [6, 6.07) is 0. The van der Waals surface area contributed by atoms with Crippen LogP contribution < -0.4 is 10.6 Å². The van der Waals surface area contributed by atoms with Gasteiger partial charge in [-0.05, 0) is 30.6 Å². The Morgan fingerprint density at radius 1 is 1.40 bits per heavy atom. The van der Waals surface area contributed by atoms with E-state index in [-0.39, 0.29) is 24.4 Å². The van der Waals surface area contributed by atoms with Crippen LogP contribution in [0.3, 0.4) is 0 Å². The van der Waals surface area contributed by atoms with E-state index in [2.05, 4.69) is 24.5 Å². The Hall–Kier alpha value is -0.320. The first-order chi connectivity index (χ1) is 9.11. The second-order valence-corrected chi connectivity index (χ2v) is 6.59. The second-order valence-electron chi connectivity index (χ2n) is 6.59. The van der Waals surface area contributed by atoms with Gasteiger partial charge in [0, 0.05) is 19.6 Å². The van der Waals surface area contributed by atoms with E-state index in [1.165, 1.54) is 32.1 Å². The van der Waals surface area contributed by atoms with Crippen molar-refractivity contribution in [2.45, 2.75) is 52.1 Å². The number of ether oxygens (including phenoxy) is 1. The SMILES string of the molecule is CC(C)CC1(CNC(=O)C2CNCCO2)CCCC1.Cl. The molecule has 2 rings (SSSR count). The quantitative estimate of drug-likeness (QED) is 0.818. The first kappa shape index (κ1) is 17.7. The molecule has 0 radical (unpaired) electrons. The highest BCUT2D eigenvalue weighted by atomic mass is 35.5. The minimum atomic E-state index is -0.300. The number of halogens is 1. The van der Waals surface area contributed by atoms with Crippen LogP contribution in [0.2, 0.25) is 0 Å². The Bertz CT molecular complexity index is 298. The summed E-state index contributed by atoms with van der Waals surface area (Å²) in [6.07, 6.45) is 6.06. The number of hydrogen-bond donors (Lipinski definition) is 2. The molecule has 1 unspecified atom stereocenters. The van der Waals surface area contributed by atoms with Gasteiger partial charge in [0.15, 0.2) is 0 Å². The number of carbonyl (C=O) groups is 1. The van der Waals surface area contributed by atoms with Crippen LogP contribution in [0, 0.1) is 11.3 Å². The molecule has 20 heavy (non-hydrogen) atoms. The normalized spacial score (nSPS) is 25.2. The fraction of sp³-hybridized carbons (Fsp3) is 0.933. The van der Waals surface area contributed by atoms with Gasteiger partial charge in [0.25, 0.3) is 0 Å². The van der Waals surface area contributed by atoms with Crippen molar-refractivity contribution >= 4 is 18.3 Å². The summed E-state index contributed by atoms with van der Waals surface area (Å²) in [7, 11) is 0. The van der Waals surface area contributed by atoms with Crippen LogP contribution in [0.1, 0.15) is 46.0 Å². The largest absolute Gasteiger partial charge is 0.366 e. The summed E-state index contributed by atoms with van der Waals surface area (Å²) in [6.45, 7) is 7.50. The first-order valence-electron chi connectivity index (χ1n) is 7.71. The van der Waals surface area contributed by atoms with Gasteiger partial charge < -0.3 is 15.4 Å². The van der Waals surface area contributed by atoms with Crippen molar-refractivity contribution in [3.05, 3.63) is 0 Å². The maximum Gasteiger partial charge on any atom is 0.250 e. The van der Waals surface area contributed by atoms with Crippen molar-refractivity contribution in [3.8, 4) is 0 Å². The molecule has 5 heteroatoms. The molecular weight excluding hydrogens is 276 g/mol. The Balaban J connectivity index is 0.00000200. The first-order valence-corrected chi connectivity index (χ1v) is 7.71. The number of rotatable bonds is 5. The molecule has 1 heterocycles. The molecule has 2 fully saturated rings. The zero-order valence-corrected chi connectivity index (χ0v) is 13.6. The van der Waals surface area contributed by atoms with E-state index in [0.717, 1.165) is 13.1 Å². The van der Waals surface area contributed by atoms with Crippen molar-refractivity contribution in [3.63, 3.8) is 0 Å². The van der Waals surface area contributed by atoms with Crippen molar-refractivity contribution in [2.24, 2.45) is 11.3 Å². The number of nitrogens with one attached hydrogen (secondary N) is 2. The third-order valence-corrected chi connectivity index (χ3v) is 4.36. The van der Waals surface area contributed by atoms with Crippen LogP contribution in [-0.4, -0.2) is 38.3 Å². The average Bonchev–Trinajstić information content (AvgIpc) is 2.85. The third-order valence-electron chi connectivity index (χ3n) is 4.36. The molecule has 0 aromatic heterocycles. The van der Waals surface area contributed by atoms with E-state index in [1.54, 1.807) is 0 Å². The van der Waals surface area contributed by atoms with Gasteiger partial charge in [0.05, 0.1) is 6.61 Å². The Labute approximate surface area is 128 Å². The van der Waals surface area contributed by atoms with E-state index in [1.807, 2.05) is 0 Å². The minimum absolute atomic E-state index is 0. The summed E-state index contributed by atoms with van der Waals surface area (Å²) in [4.78, 5) is 12.1. The maximum atomic E-state index is 12.1. The maximum absolute atomic E-state index is 12.1. The lowest BCUT2D eigenvalue weighted by molar-refractivity contribution is -0.134. The Morgan fingerprint density at radius 2 is 2.10 bits per heavy atom. The monoisotopic (exact) mass is 304 g/mol. The van der Waals surface area contributed by atoms with Gasteiger partial charge in [-0.1, -0.05) is 26.7 Å². The van der Waals surface area contributed by atoms with E-state index in [9.17, 15) is 4.79 Å². The minimum Gasteiger partial charge on any atom is -0.366 e. The molecule has 0 spiro atoms. The molecule has 2 aliphatic rings. The standard InChI is InChI=1S/C15H28N2O2.ClH/c1-12(2)9-15(5-3-4-6-15)11-17-14(18)13-10-16-7-8-19-13;/h12-13,16H,3-11H2,1-2H3,(H,17,18);1H. The summed E-state index contributed by atoms with van der Waals surface area (Å²) in [5.41, 5.74) is 0.339. The lowest BCUT2D eigenvalue weighted by Crippen LogP contribution is -2.49. The zero-order valence-electron chi connectivity index (χ0n) is 12.7. The van der Waals surface area contributed by atoms with Gasteiger partial charge in [-0.25, -0.2) is 0 Å². The highest BCUT2D eigenvalue weighted by molar-refractivity contribution is 5.85. The average molecular weight is 305 g/mol. The second kappa shape index (κ2) is 8.20. The molecule has 1 atom stereocenters. The van der Waals surface area contributed by atoms with E-state index in [4.69, 9.17) is 4.74 Å². The zero-order chi connectivity index (χ0) is 13.7. The lowest BCUT2D eigenvalue weighted by Gasteiger charge is -2.32. The molecule has 1 aliphatic heterocycles. The molecule has 1 saturated carbocycles. The van der Waals surface area contributed by atoms with E-state index in [0.29, 0.717) is 24.5 Å². The van der Waals surface area contributed by atoms with Gasteiger partial charge in [-0.15, -0.1) is 12.4 Å².